The second-order valence-corrected chi connectivity index (χ2v) is 15.3. The topological polar surface area (TPSA) is 145 Å². The maximum Gasteiger partial charge on any atom is 0.336 e. The molecule has 1 aliphatic carbocycles. The number of benzene rings is 1. The Morgan fingerprint density at radius 3 is 2.85 bits per heavy atom. The third-order valence-corrected chi connectivity index (χ3v) is 12.5. The average Bonchev–Trinajstić information content (AvgIpc) is 3.39. The summed E-state index contributed by atoms with van der Waals surface area (Å²) in [5, 5.41) is 10.4. The largest absolute Gasteiger partial charge is 0.481 e. The van der Waals surface area contributed by atoms with Gasteiger partial charge in [-0.1, -0.05) is 39.3 Å². The Kier molecular flexibility index (Phi) is 8.38. The van der Waals surface area contributed by atoms with E-state index in [1.165, 1.54) is 6.07 Å². The molecule has 0 radical (unpaired) electrons. The molecule has 2 aromatic heterocycles. The van der Waals surface area contributed by atoms with E-state index in [4.69, 9.17) is 19.6 Å². The fraction of sp³-hybridized carbons (Fsp3) is 0.429. The van der Waals surface area contributed by atoms with E-state index in [0.29, 0.717) is 41.3 Å². The van der Waals surface area contributed by atoms with Gasteiger partial charge in [0.1, 0.15) is 17.2 Å². The van der Waals surface area contributed by atoms with Crippen molar-refractivity contribution in [3.63, 3.8) is 0 Å². The van der Waals surface area contributed by atoms with Crippen molar-refractivity contribution in [1.29, 1.82) is 0 Å². The molecule has 12 heteroatoms. The van der Waals surface area contributed by atoms with Crippen molar-refractivity contribution in [2.45, 2.75) is 69.1 Å². The first-order valence-corrected chi connectivity index (χ1v) is 18.4. The fourth-order valence-electron chi connectivity index (χ4n) is 7.42. The molecular weight excluding hydrogens is 639 g/mol. The highest BCUT2D eigenvalue weighted by Crippen LogP contribution is 2.58. The molecule has 7 rings (SSSR count). The molecular formula is C35H37N3O7S2. The van der Waals surface area contributed by atoms with Gasteiger partial charge in [0, 0.05) is 79.3 Å². The minimum atomic E-state index is -1.20. The number of esters is 1. The van der Waals surface area contributed by atoms with Crippen molar-refractivity contribution in [2.24, 2.45) is 0 Å². The molecule has 0 bridgehead atoms. The quantitative estimate of drug-likeness (QED) is 0.130. The SMILES string of the molecule is C/C=C(\CCO)C(=O)O[C@]1(C)CC=C2CSSC[C@@H]3CCN3C(=O)Cc3cnc(N)cc3[C@@H]2[C@]12Cc1cc3ccc(=O)oc3cc1O2. The van der Waals surface area contributed by atoms with Crippen LogP contribution in [0.25, 0.3) is 11.0 Å². The van der Waals surface area contributed by atoms with E-state index < -0.39 is 28.7 Å². The van der Waals surface area contributed by atoms with E-state index in [0.717, 1.165) is 46.4 Å². The van der Waals surface area contributed by atoms with Gasteiger partial charge in [0.25, 0.3) is 0 Å². The highest BCUT2D eigenvalue weighted by molar-refractivity contribution is 8.76. The van der Waals surface area contributed by atoms with Crippen LogP contribution in [-0.4, -0.2) is 68.8 Å². The molecule has 3 aliphatic heterocycles. The first-order valence-electron chi connectivity index (χ1n) is 15.9. The summed E-state index contributed by atoms with van der Waals surface area (Å²) in [6.45, 7) is 4.19. The molecule has 0 saturated carbocycles. The number of nitrogens with two attached hydrogens (primary N) is 1. The fourth-order valence-corrected chi connectivity index (χ4v) is 9.94. The molecule has 3 N–H and O–H groups in total. The Bertz CT molecular complexity index is 1890. The van der Waals surface area contributed by atoms with Crippen LogP contribution in [-0.2, 0) is 27.2 Å². The maximum atomic E-state index is 13.7. The molecule has 4 aliphatic rings. The first-order chi connectivity index (χ1) is 22.6. The van der Waals surface area contributed by atoms with Crippen molar-refractivity contribution < 1.29 is 28.6 Å². The zero-order valence-corrected chi connectivity index (χ0v) is 28.0. The van der Waals surface area contributed by atoms with E-state index >= 15 is 0 Å². The zero-order chi connectivity index (χ0) is 32.9. The van der Waals surface area contributed by atoms with E-state index in [1.54, 1.807) is 52.9 Å². The number of carbonyl (C=O) groups is 2. The number of amides is 1. The van der Waals surface area contributed by atoms with Gasteiger partial charge in [0.15, 0.2) is 11.2 Å². The predicted molar refractivity (Wildman–Crippen MR) is 182 cm³/mol. The summed E-state index contributed by atoms with van der Waals surface area (Å²) in [7, 11) is 3.51. The molecule has 1 amide bonds. The molecule has 1 spiro atoms. The van der Waals surface area contributed by atoms with Crippen molar-refractivity contribution in [1.82, 2.24) is 9.88 Å². The second-order valence-electron chi connectivity index (χ2n) is 12.8. The second kappa shape index (κ2) is 12.4. The monoisotopic (exact) mass is 675 g/mol. The molecule has 1 aromatic carbocycles. The predicted octanol–water partition coefficient (Wildman–Crippen LogP) is 4.73. The zero-order valence-electron chi connectivity index (χ0n) is 26.3. The molecule has 3 aromatic rings. The average molecular weight is 676 g/mol. The Balaban J connectivity index is 1.42. The van der Waals surface area contributed by atoms with Crippen LogP contribution in [0, 0.1) is 0 Å². The lowest BCUT2D eigenvalue weighted by Crippen LogP contribution is -2.63. The van der Waals surface area contributed by atoms with Gasteiger partial charge in [0.2, 0.25) is 5.91 Å². The minimum Gasteiger partial charge on any atom is -0.481 e. The van der Waals surface area contributed by atoms with E-state index in [1.807, 2.05) is 24.0 Å². The number of anilines is 1. The van der Waals surface area contributed by atoms with Crippen LogP contribution in [0.5, 0.6) is 5.75 Å². The van der Waals surface area contributed by atoms with Crippen LogP contribution in [0.3, 0.4) is 0 Å². The number of pyridine rings is 1. The van der Waals surface area contributed by atoms with E-state index in [9.17, 15) is 19.5 Å². The molecule has 246 valence electrons. The molecule has 0 unspecified atom stereocenters. The van der Waals surface area contributed by atoms with Gasteiger partial charge in [-0.05, 0) is 55.2 Å². The van der Waals surface area contributed by atoms with Crippen LogP contribution in [0.2, 0.25) is 0 Å². The normalized spacial score (nSPS) is 27.3. The summed E-state index contributed by atoms with van der Waals surface area (Å²) in [6.07, 6.45) is 7.56. The molecule has 1 saturated heterocycles. The van der Waals surface area contributed by atoms with Gasteiger partial charge in [-0.15, -0.1) is 0 Å². The molecule has 5 heterocycles. The van der Waals surface area contributed by atoms with Gasteiger partial charge in [-0.2, -0.15) is 0 Å². The van der Waals surface area contributed by atoms with E-state index in [-0.39, 0.29) is 31.4 Å². The van der Waals surface area contributed by atoms with Gasteiger partial charge in [-0.3, -0.25) is 4.79 Å². The number of fused-ring (bicyclic) bond motifs is 7. The number of ether oxygens (including phenoxy) is 2. The number of nitrogens with zero attached hydrogens (tertiary/aromatic N) is 2. The summed E-state index contributed by atoms with van der Waals surface area (Å²) >= 11 is 0. The lowest BCUT2D eigenvalue weighted by molar-refractivity contribution is -0.183. The number of allylic oxidation sites excluding steroid dienone is 1. The van der Waals surface area contributed by atoms with Gasteiger partial charge < -0.3 is 29.6 Å². The van der Waals surface area contributed by atoms with Gasteiger partial charge >= 0.3 is 11.6 Å². The smallest absolute Gasteiger partial charge is 0.336 e. The van der Waals surface area contributed by atoms with Crippen LogP contribution >= 0.6 is 21.6 Å². The Labute approximate surface area is 280 Å². The maximum absolute atomic E-state index is 13.7. The lowest BCUT2D eigenvalue weighted by atomic mass is 9.61. The number of aliphatic hydroxyl groups excluding tert-OH is 1. The molecule has 47 heavy (non-hydrogen) atoms. The number of aromatic nitrogens is 1. The number of nitrogen functional groups attached to an aromatic ring is 1. The molecule has 10 nitrogen and oxygen atoms in total. The Morgan fingerprint density at radius 2 is 2.09 bits per heavy atom. The van der Waals surface area contributed by atoms with Crippen LogP contribution in [0.15, 0.2) is 69.0 Å². The lowest BCUT2D eigenvalue weighted by Gasteiger charge is -2.52. The van der Waals surface area contributed by atoms with E-state index in [2.05, 4.69) is 11.1 Å². The number of hydrogen-bond donors (Lipinski definition) is 2. The summed E-state index contributed by atoms with van der Waals surface area (Å²) in [6, 6.07) is 8.86. The Morgan fingerprint density at radius 1 is 1.23 bits per heavy atom. The summed E-state index contributed by atoms with van der Waals surface area (Å²) < 4.78 is 19.1. The highest BCUT2D eigenvalue weighted by Gasteiger charge is 2.64. The van der Waals surface area contributed by atoms with Crippen molar-refractivity contribution >= 4 is 50.3 Å². The third kappa shape index (κ3) is 5.53. The standard InChI is InChI=1S/C35H37N3O7S2/c1-3-20(8-11-39)33(42)45-34(2)9-6-22-18-46-47-19-25-7-10-38(25)30(40)13-24-17-37-29(36)14-26(24)32(22)35(34)16-23-12-21-4-5-31(41)43-27(21)15-28(23)44-35/h3-6,12,14-15,17,25,32,39H,7-11,13,16,18-19H2,1-2H3,(H2,36,37)/b20-3+/t25-,32+,34+,35+/m0/s1. The highest BCUT2D eigenvalue weighted by atomic mass is 33.1. The van der Waals surface area contributed by atoms with Gasteiger partial charge in [0.05, 0.1) is 12.3 Å². The Hall–Kier alpha value is -3.74. The minimum absolute atomic E-state index is 0.0449. The number of hydrogen-bond acceptors (Lipinski definition) is 11. The summed E-state index contributed by atoms with van der Waals surface area (Å²) in [5.41, 5.74) is 7.83. The summed E-state index contributed by atoms with van der Waals surface area (Å²) in [5.74, 6) is 1.42. The molecule has 4 atom stereocenters. The number of rotatable bonds is 4. The van der Waals surface area contributed by atoms with Crippen LogP contribution in [0.4, 0.5) is 5.82 Å². The van der Waals surface area contributed by atoms with Crippen LogP contribution < -0.4 is 16.1 Å². The molecule has 1 fully saturated rings. The summed E-state index contributed by atoms with van der Waals surface area (Å²) in [4.78, 5) is 45.9. The van der Waals surface area contributed by atoms with Crippen LogP contribution in [0.1, 0.15) is 55.7 Å². The first kappa shape index (κ1) is 31.8. The van der Waals surface area contributed by atoms with Crippen molar-refractivity contribution in [3.8, 4) is 5.75 Å². The van der Waals surface area contributed by atoms with Crippen molar-refractivity contribution in [2.75, 3.05) is 30.4 Å². The van der Waals surface area contributed by atoms with Crippen molar-refractivity contribution in [3.05, 3.63) is 86.9 Å². The number of carbonyl (C=O) groups excluding carboxylic acids is 2. The van der Waals surface area contributed by atoms with Gasteiger partial charge in [-0.25, -0.2) is 14.6 Å². The number of aliphatic hydroxyl groups is 1. The third-order valence-electron chi connectivity index (χ3n) is 10.1.